The van der Waals surface area contributed by atoms with E-state index in [0.717, 1.165) is 30.0 Å². The number of hydrogen-bond acceptors (Lipinski definition) is 4. The number of nitrogens with zero attached hydrogens (tertiary/aromatic N) is 2. The molecule has 7 heteroatoms. The highest BCUT2D eigenvalue weighted by molar-refractivity contribution is 14.0. The topological polar surface area (TPSA) is 58.1 Å². The molecule has 0 bridgehead atoms. The van der Waals surface area contributed by atoms with Crippen LogP contribution in [0.5, 0.6) is 11.5 Å². The van der Waals surface area contributed by atoms with Crippen LogP contribution in [0.15, 0.2) is 29.3 Å². The van der Waals surface area contributed by atoms with Gasteiger partial charge in [0, 0.05) is 32.2 Å². The molecule has 152 valence electrons. The van der Waals surface area contributed by atoms with Crippen molar-refractivity contribution in [2.24, 2.45) is 4.99 Å². The number of hydrogen-bond donors (Lipinski definition) is 2. The molecule has 1 saturated heterocycles. The second-order valence-corrected chi connectivity index (χ2v) is 7.09. The molecule has 1 aromatic carbocycles. The third-order valence-electron chi connectivity index (χ3n) is 5.35. The number of guanidine groups is 1. The molecule has 0 radical (unpaired) electrons. The summed E-state index contributed by atoms with van der Waals surface area (Å²) in [7, 11) is 3.49. The van der Waals surface area contributed by atoms with E-state index in [4.69, 9.17) is 9.47 Å². The molecule has 1 aliphatic heterocycles. The molecule has 1 saturated carbocycles. The monoisotopic (exact) mass is 488 g/mol. The summed E-state index contributed by atoms with van der Waals surface area (Å²) in [6.07, 6.45) is 6.75. The van der Waals surface area contributed by atoms with Crippen LogP contribution in [-0.2, 0) is 0 Å². The highest BCUT2D eigenvalue weighted by atomic mass is 127. The van der Waals surface area contributed by atoms with Gasteiger partial charge in [0.25, 0.3) is 0 Å². The van der Waals surface area contributed by atoms with E-state index in [2.05, 4.69) is 20.5 Å². The first-order chi connectivity index (χ1) is 12.8. The van der Waals surface area contributed by atoms with Gasteiger partial charge in [-0.15, -0.1) is 24.0 Å². The summed E-state index contributed by atoms with van der Waals surface area (Å²) in [6, 6.07) is 8.95. The molecule has 27 heavy (non-hydrogen) atoms. The summed E-state index contributed by atoms with van der Waals surface area (Å²) < 4.78 is 10.9. The predicted octanol–water partition coefficient (Wildman–Crippen LogP) is 2.87. The number of methoxy groups -OCH3 is 1. The fraction of sp³-hybridized carbons (Fsp3) is 0.650. The summed E-state index contributed by atoms with van der Waals surface area (Å²) in [6.45, 7) is 3.64. The third-order valence-corrected chi connectivity index (χ3v) is 5.35. The number of likely N-dealkylation sites (tertiary alicyclic amines) is 1. The Morgan fingerprint density at radius 1 is 1.15 bits per heavy atom. The average Bonchev–Trinajstić information content (AvgIpc) is 3.36. The van der Waals surface area contributed by atoms with Crippen LogP contribution in [0.3, 0.4) is 0 Å². The van der Waals surface area contributed by atoms with Gasteiger partial charge in [-0.2, -0.15) is 0 Å². The van der Waals surface area contributed by atoms with Crippen LogP contribution in [0.1, 0.15) is 32.1 Å². The van der Waals surface area contributed by atoms with Crippen molar-refractivity contribution in [2.75, 3.05) is 40.4 Å². The molecular weight excluding hydrogens is 455 g/mol. The summed E-state index contributed by atoms with van der Waals surface area (Å²) >= 11 is 0. The molecule has 2 N–H and O–H groups in total. The Morgan fingerprint density at radius 2 is 1.85 bits per heavy atom. The van der Waals surface area contributed by atoms with Crippen LogP contribution in [0.2, 0.25) is 0 Å². The van der Waals surface area contributed by atoms with Crippen LogP contribution in [0, 0.1) is 0 Å². The SMILES string of the molecule is CN=C(NCCOc1ccc(OC)cc1)NC1CCN(C2CCCC2)C1.I. The Labute approximate surface area is 180 Å². The van der Waals surface area contributed by atoms with Gasteiger partial charge < -0.3 is 20.1 Å². The quantitative estimate of drug-likeness (QED) is 0.268. The number of aliphatic imine (C=N–C) groups is 1. The van der Waals surface area contributed by atoms with Crippen LogP contribution >= 0.6 is 24.0 Å². The van der Waals surface area contributed by atoms with E-state index in [9.17, 15) is 0 Å². The Morgan fingerprint density at radius 3 is 2.52 bits per heavy atom. The summed E-state index contributed by atoms with van der Waals surface area (Å²) in [4.78, 5) is 7.00. The van der Waals surface area contributed by atoms with Crippen LogP contribution in [0.4, 0.5) is 0 Å². The lowest BCUT2D eigenvalue weighted by atomic mass is 10.2. The van der Waals surface area contributed by atoms with Crippen molar-refractivity contribution >= 4 is 29.9 Å². The van der Waals surface area contributed by atoms with Crippen LogP contribution in [0.25, 0.3) is 0 Å². The lowest BCUT2D eigenvalue weighted by molar-refractivity contribution is 0.242. The highest BCUT2D eigenvalue weighted by Crippen LogP contribution is 2.26. The molecule has 2 fully saturated rings. The van der Waals surface area contributed by atoms with E-state index in [-0.39, 0.29) is 24.0 Å². The van der Waals surface area contributed by atoms with Crippen molar-refractivity contribution in [3.8, 4) is 11.5 Å². The van der Waals surface area contributed by atoms with E-state index in [1.54, 1.807) is 7.11 Å². The molecule has 0 amide bonds. The van der Waals surface area contributed by atoms with Gasteiger partial charge in [-0.05, 0) is 43.5 Å². The zero-order valence-electron chi connectivity index (χ0n) is 16.4. The highest BCUT2D eigenvalue weighted by Gasteiger charge is 2.30. The third kappa shape index (κ3) is 6.71. The van der Waals surface area contributed by atoms with Crippen LogP contribution in [-0.4, -0.2) is 63.3 Å². The van der Waals surface area contributed by atoms with Crippen molar-refractivity contribution in [1.82, 2.24) is 15.5 Å². The Kier molecular flexibility index (Phi) is 9.47. The first-order valence-electron chi connectivity index (χ1n) is 9.76. The number of halogens is 1. The second kappa shape index (κ2) is 11.6. The first-order valence-corrected chi connectivity index (χ1v) is 9.76. The normalized spacial score (nSPS) is 21.0. The van der Waals surface area contributed by atoms with Gasteiger partial charge in [-0.1, -0.05) is 12.8 Å². The van der Waals surface area contributed by atoms with Crippen LogP contribution < -0.4 is 20.1 Å². The minimum atomic E-state index is 0. The summed E-state index contributed by atoms with van der Waals surface area (Å²) in [5, 5.41) is 6.90. The smallest absolute Gasteiger partial charge is 0.191 e. The maximum absolute atomic E-state index is 5.75. The predicted molar refractivity (Wildman–Crippen MR) is 121 cm³/mol. The fourth-order valence-corrected chi connectivity index (χ4v) is 3.90. The maximum atomic E-state index is 5.75. The van der Waals surface area contributed by atoms with E-state index in [1.807, 2.05) is 31.3 Å². The van der Waals surface area contributed by atoms with Gasteiger partial charge in [0.05, 0.1) is 13.7 Å². The molecule has 0 aromatic heterocycles. The zero-order chi connectivity index (χ0) is 18.2. The molecule has 3 rings (SSSR count). The van der Waals surface area contributed by atoms with Crippen molar-refractivity contribution in [3.05, 3.63) is 24.3 Å². The first kappa shape index (κ1) is 22.1. The molecular formula is C20H33IN4O2. The van der Waals surface area contributed by atoms with Crippen molar-refractivity contribution in [2.45, 2.75) is 44.2 Å². The Bertz CT molecular complexity index is 576. The molecule has 1 aliphatic carbocycles. The minimum Gasteiger partial charge on any atom is -0.497 e. The lowest BCUT2D eigenvalue weighted by Gasteiger charge is -2.24. The zero-order valence-corrected chi connectivity index (χ0v) is 18.8. The molecule has 0 spiro atoms. The van der Waals surface area contributed by atoms with Crippen molar-refractivity contribution in [1.29, 1.82) is 0 Å². The number of rotatable bonds is 7. The molecule has 6 nitrogen and oxygen atoms in total. The van der Waals surface area contributed by atoms with Gasteiger partial charge in [-0.3, -0.25) is 9.89 Å². The largest absolute Gasteiger partial charge is 0.497 e. The Hall–Kier alpha value is -1.22. The molecule has 1 unspecified atom stereocenters. The van der Waals surface area contributed by atoms with E-state index in [1.165, 1.54) is 38.6 Å². The van der Waals surface area contributed by atoms with Gasteiger partial charge in [0.15, 0.2) is 5.96 Å². The number of nitrogens with one attached hydrogen (secondary N) is 2. The van der Waals surface area contributed by atoms with E-state index in [0.29, 0.717) is 19.2 Å². The average molecular weight is 488 g/mol. The number of ether oxygens (including phenoxy) is 2. The summed E-state index contributed by atoms with van der Waals surface area (Å²) in [5.74, 6) is 2.54. The second-order valence-electron chi connectivity index (χ2n) is 7.09. The van der Waals surface area contributed by atoms with Crippen molar-refractivity contribution in [3.63, 3.8) is 0 Å². The van der Waals surface area contributed by atoms with Gasteiger partial charge in [-0.25, -0.2) is 0 Å². The fourth-order valence-electron chi connectivity index (χ4n) is 3.90. The van der Waals surface area contributed by atoms with Crippen molar-refractivity contribution < 1.29 is 9.47 Å². The minimum absolute atomic E-state index is 0. The molecule has 2 aliphatic rings. The van der Waals surface area contributed by atoms with E-state index < -0.39 is 0 Å². The standard InChI is InChI=1S/C20H32N4O2.HI/c1-21-20(22-12-14-26-19-9-7-18(25-2)8-10-19)23-16-11-13-24(15-16)17-5-3-4-6-17;/h7-10,16-17H,3-6,11-15H2,1-2H3,(H2,21,22,23);1H. The van der Waals surface area contributed by atoms with Gasteiger partial charge in [0.2, 0.25) is 0 Å². The molecule has 1 aromatic rings. The maximum Gasteiger partial charge on any atom is 0.191 e. The molecule has 1 atom stereocenters. The van der Waals surface area contributed by atoms with E-state index >= 15 is 0 Å². The van der Waals surface area contributed by atoms with Gasteiger partial charge >= 0.3 is 0 Å². The van der Waals surface area contributed by atoms with Gasteiger partial charge in [0.1, 0.15) is 18.1 Å². The summed E-state index contributed by atoms with van der Waals surface area (Å²) in [5.41, 5.74) is 0. The molecule has 1 heterocycles. The Balaban J connectivity index is 0.00000261. The lowest BCUT2D eigenvalue weighted by Crippen LogP contribution is -2.46. The number of benzene rings is 1.